The molecule has 0 aromatic carbocycles. The van der Waals surface area contributed by atoms with E-state index in [1.165, 1.54) is 32.1 Å². The van der Waals surface area contributed by atoms with Gasteiger partial charge in [-0.2, -0.15) is 0 Å². The van der Waals surface area contributed by atoms with Gasteiger partial charge in [-0.25, -0.2) is 0 Å². The van der Waals surface area contributed by atoms with Gasteiger partial charge in [-0.3, -0.25) is 4.79 Å². The zero-order valence-corrected chi connectivity index (χ0v) is 14.2. The number of hydrogen-bond donors (Lipinski definition) is 2. The summed E-state index contributed by atoms with van der Waals surface area (Å²) < 4.78 is 0. The molecular weight excluding hydrogens is 248 g/mol. The molecule has 20 heavy (non-hydrogen) atoms. The number of rotatable bonds is 11. The highest BCUT2D eigenvalue weighted by atomic mass is 16.2. The van der Waals surface area contributed by atoms with Gasteiger partial charge in [0.25, 0.3) is 0 Å². The molecule has 1 fully saturated rings. The zero-order valence-electron chi connectivity index (χ0n) is 14.2. The number of carbonyl (C=O) groups excluding carboxylic acids is 1. The molecule has 1 rings (SSSR count). The Morgan fingerprint density at radius 2 is 1.50 bits per heavy atom. The molecule has 0 aromatic heterocycles. The molecule has 2 N–H and O–H groups in total. The summed E-state index contributed by atoms with van der Waals surface area (Å²) in [5.74, 6) is 0.271. The van der Waals surface area contributed by atoms with E-state index in [1.807, 2.05) is 13.8 Å². The molecular formula is C17H40N2O. The Morgan fingerprint density at radius 3 is 2.00 bits per heavy atom. The summed E-state index contributed by atoms with van der Waals surface area (Å²) in [4.78, 5) is 11.6. The number of hydrogen-bond acceptors (Lipinski definition) is 2. The first-order valence-corrected chi connectivity index (χ1v) is 8.68. The summed E-state index contributed by atoms with van der Waals surface area (Å²) in [5, 5.41) is 6.40. The largest absolute Gasteiger partial charge is 0.356 e. The van der Waals surface area contributed by atoms with Crippen LogP contribution in [0, 0.1) is 5.41 Å². The molecule has 1 saturated carbocycles. The van der Waals surface area contributed by atoms with Crippen LogP contribution in [-0.2, 0) is 4.79 Å². The Morgan fingerprint density at radius 1 is 1.00 bits per heavy atom. The van der Waals surface area contributed by atoms with Gasteiger partial charge < -0.3 is 10.6 Å². The normalized spacial score (nSPS) is 15.2. The van der Waals surface area contributed by atoms with E-state index in [9.17, 15) is 4.79 Å². The van der Waals surface area contributed by atoms with Crippen LogP contribution in [0.1, 0.15) is 81.9 Å². The quantitative estimate of drug-likeness (QED) is 0.554. The average Bonchev–Trinajstić information content (AvgIpc) is 3.22. The number of carbonyl (C=O) groups is 1. The van der Waals surface area contributed by atoms with E-state index < -0.39 is 0 Å². The van der Waals surface area contributed by atoms with Gasteiger partial charge in [0.15, 0.2) is 0 Å². The van der Waals surface area contributed by atoms with Crippen LogP contribution in [0.2, 0.25) is 0 Å². The van der Waals surface area contributed by atoms with Gasteiger partial charge in [-0.1, -0.05) is 53.4 Å². The molecule has 0 unspecified atom stereocenters. The van der Waals surface area contributed by atoms with E-state index in [0.717, 1.165) is 38.9 Å². The van der Waals surface area contributed by atoms with Crippen LogP contribution in [0.25, 0.3) is 0 Å². The lowest BCUT2D eigenvalue weighted by Gasteiger charge is -2.09. The molecule has 0 spiro atoms. The molecule has 3 nitrogen and oxygen atoms in total. The number of amides is 1. The van der Waals surface area contributed by atoms with Crippen molar-refractivity contribution < 1.29 is 7.65 Å². The Kier molecular flexibility index (Phi) is 11.8. The first kappa shape index (κ1) is 19.4. The smallest absolute Gasteiger partial charge is 0.225 e. The molecule has 0 radical (unpaired) electrons. The van der Waals surface area contributed by atoms with Crippen LogP contribution < -0.4 is 10.6 Å². The second-order valence-corrected chi connectivity index (χ2v) is 5.79. The second kappa shape index (κ2) is 12.2. The third-order valence-electron chi connectivity index (χ3n) is 3.86. The van der Waals surface area contributed by atoms with Crippen molar-refractivity contribution in [2.45, 2.75) is 79.1 Å². The summed E-state index contributed by atoms with van der Waals surface area (Å²) in [6, 6.07) is 0. The lowest BCUT2D eigenvalue weighted by atomic mass is 10.1. The van der Waals surface area contributed by atoms with Crippen molar-refractivity contribution in [3.63, 3.8) is 0 Å². The fraction of sp³-hybridized carbons (Fsp3) is 0.941. The summed E-state index contributed by atoms with van der Waals surface area (Å²) in [6.07, 6.45) is 9.79. The fourth-order valence-electron chi connectivity index (χ4n) is 2.09. The first-order chi connectivity index (χ1) is 9.69. The third-order valence-corrected chi connectivity index (χ3v) is 3.86. The van der Waals surface area contributed by atoms with E-state index in [2.05, 4.69) is 24.5 Å². The molecule has 0 atom stereocenters. The molecule has 1 amide bonds. The van der Waals surface area contributed by atoms with Gasteiger partial charge in [-0.15, -0.1) is 0 Å². The van der Waals surface area contributed by atoms with E-state index in [4.69, 9.17) is 0 Å². The van der Waals surface area contributed by atoms with Gasteiger partial charge in [0.1, 0.15) is 0 Å². The summed E-state index contributed by atoms with van der Waals surface area (Å²) in [6.45, 7) is 11.3. The Labute approximate surface area is 129 Å². The van der Waals surface area contributed by atoms with Crippen LogP contribution in [0.5, 0.6) is 0 Å². The summed E-state index contributed by atoms with van der Waals surface area (Å²) >= 11 is 0. The van der Waals surface area contributed by atoms with Crippen molar-refractivity contribution in [2.75, 3.05) is 19.6 Å². The van der Waals surface area contributed by atoms with Gasteiger partial charge in [-0.05, 0) is 38.8 Å². The lowest BCUT2D eigenvalue weighted by molar-refractivity contribution is -0.125. The summed E-state index contributed by atoms with van der Waals surface area (Å²) in [7, 11) is 0. The van der Waals surface area contributed by atoms with Crippen LogP contribution >= 0.6 is 0 Å². The van der Waals surface area contributed by atoms with Gasteiger partial charge >= 0.3 is 0 Å². The summed E-state index contributed by atoms with van der Waals surface area (Å²) in [5.41, 5.74) is -0.00766. The van der Waals surface area contributed by atoms with Crippen molar-refractivity contribution in [1.29, 1.82) is 0 Å². The van der Waals surface area contributed by atoms with E-state index >= 15 is 0 Å². The SMILES string of the molecule is CC.CCNCCCCCCCCNC(=O)C1(C)CC1.[HH].[HH]. The van der Waals surface area contributed by atoms with Crippen molar-refractivity contribution in [3.8, 4) is 0 Å². The Bertz CT molecular complexity index is 247. The highest BCUT2D eigenvalue weighted by Crippen LogP contribution is 2.44. The van der Waals surface area contributed by atoms with Gasteiger partial charge in [0.2, 0.25) is 5.91 Å². The highest BCUT2D eigenvalue weighted by Gasteiger charge is 2.44. The van der Waals surface area contributed by atoms with E-state index in [1.54, 1.807) is 0 Å². The van der Waals surface area contributed by atoms with Crippen molar-refractivity contribution in [2.24, 2.45) is 5.41 Å². The van der Waals surface area contributed by atoms with Crippen LogP contribution in [-0.4, -0.2) is 25.5 Å². The highest BCUT2D eigenvalue weighted by molar-refractivity contribution is 5.84. The monoisotopic (exact) mass is 288 g/mol. The fourth-order valence-corrected chi connectivity index (χ4v) is 2.09. The van der Waals surface area contributed by atoms with E-state index in [-0.39, 0.29) is 14.2 Å². The van der Waals surface area contributed by atoms with Gasteiger partial charge in [0.05, 0.1) is 0 Å². The molecule has 0 heterocycles. The average molecular weight is 289 g/mol. The predicted molar refractivity (Wildman–Crippen MR) is 92.2 cm³/mol. The maximum Gasteiger partial charge on any atom is 0.225 e. The molecule has 0 bridgehead atoms. The topological polar surface area (TPSA) is 41.1 Å². The minimum absolute atomic E-state index is 0. The minimum Gasteiger partial charge on any atom is -0.356 e. The standard InChI is InChI=1S/C15H30N2O.C2H6.2H2/c1-3-16-12-8-6-4-5-7-9-13-17-14(18)15(2)10-11-15;1-2;;/h16H,3-13H2,1-2H3,(H,17,18);1-2H3;2*1H. The van der Waals surface area contributed by atoms with Gasteiger partial charge in [0, 0.05) is 14.8 Å². The molecule has 0 saturated heterocycles. The van der Waals surface area contributed by atoms with Crippen LogP contribution in [0.15, 0.2) is 0 Å². The number of unbranched alkanes of at least 4 members (excludes halogenated alkanes) is 5. The van der Waals surface area contributed by atoms with Crippen LogP contribution in [0.3, 0.4) is 0 Å². The maximum atomic E-state index is 11.6. The molecule has 124 valence electrons. The molecule has 1 aliphatic carbocycles. The molecule has 1 aliphatic rings. The number of nitrogens with one attached hydrogen (secondary N) is 2. The van der Waals surface area contributed by atoms with E-state index in [0.29, 0.717) is 0 Å². The minimum atomic E-state index is -0.00766. The predicted octanol–water partition coefficient (Wildman–Crippen LogP) is 4.37. The van der Waals surface area contributed by atoms with Crippen molar-refractivity contribution in [3.05, 3.63) is 0 Å². The molecule has 0 aromatic rings. The molecule has 0 aliphatic heterocycles. The first-order valence-electron chi connectivity index (χ1n) is 8.68. The Hall–Kier alpha value is -0.570. The van der Waals surface area contributed by atoms with Crippen molar-refractivity contribution in [1.82, 2.24) is 10.6 Å². The zero-order chi connectivity index (χ0) is 15.3. The maximum absolute atomic E-state index is 11.6. The molecule has 3 heteroatoms. The van der Waals surface area contributed by atoms with Crippen molar-refractivity contribution >= 4 is 5.91 Å². The van der Waals surface area contributed by atoms with Crippen LogP contribution in [0.4, 0.5) is 0 Å². The second-order valence-electron chi connectivity index (χ2n) is 5.79. The Balaban J connectivity index is -0.000000864. The third kappa shape index (κ3) is 9.35. The lowest BCUT2D eigenvalue weighted by Crippen LogP contribution is -2.30.